The average Bonchev–Trinajstić information content (AvgIpc) is 2.78. The molecule has 0 saturated carbocycles. The van der Waals surface area contributed by atoms with E-state index in [4.69, 9.17) is 0 Å². The third-order valence-corrected chi connectivity index (χ3v) is 5.45. The van der Waals surface area contributed by atoms with Gasteiger partial charge < -0.3 is 10.2 Å². The number of rotatable bonds is 4. The number of fused-ring (bicyclic) bond motifs is 1. The number of non-ortho nitro benzene ring substituents is 1. The van der Waals surface area contributed by atoms with E-state index in [9.17, 15) is 19.7 Å². The molecule has 0 aliphatic carbocycles. The highest BCUT2D eigenvalue weighted by Crippen LogP contribution is 2.24. The highest BCUT2D eigenvalue weighted by molar-refractivity contribution is 6.07. The Hall–Kier alpha value is -3.74. The van der Waals surface area contributed by atoms with Crippen LogP contribution < -0.4 is 5.32 Å². The molecule has 1 aliphatic heterocycles. The Kier molecular flexibility index (Phi) is 5.43. The lowest BCUT2D eigenvalue weighted by molar-refractivity contribution is -0.384. The average molecular weight is 403 g/mol. The second-order valence-corrected chi connectivity index (χ2v) is 7.41. The van der Waals surface area contributed by atoms with Crippen molar-refractivity contribution in [3.8, 4) is 0 Å². The molecule has 152 valence electrons. The van der Waals surface area contributed by atoms with Gasteiger partial charge in [-0.05, 0) is 41.8 Å². The van der Waals surface area contributed by atoms with Gasteiger partial charge in [-0.3, -0.25) is 19.7 Å². The Morgan fingerprint density at radius 3 is 2.50 bits per heavy atom. The molecule has 7 nitrogen and oxygen atoms in total. The first-order chi connectivity index (χ1) is 14.5. The van der Waals surface area contributed by atoms with Crippen molar-refractivity contribution in [3.05, 3.63) is 82.4 Å². The lowest BCUT2D eigenvalue weighted by atomic mass is 9.95. The van der Waals surface area contributed by atoms with Crippen LogP contribution in [0.5, 0.6) is 0 Å². The Morgan fingerprint density at radius 2 is 1.73 bits per heavy atom. The van der Waals surface area contributed by atoms with Crippen LogP contribution in [0.1, 0.15) is 23.2 Å². The SMILES string of the molecule is O=C(Nc1ccc([N+](=O)[O-])cc1)C1CCCN(C(=O)c2cccc3ccccc23)C1. The minimum absolute atomic E-state index is 0.0301. The Morgan fingerprint density at radius 1 is 1.00 bits per heavy atom. The van der Waals surface area contributed by atoms with Crippen molar-refractivity contribution in [2.24, 2.45) is 5.92 Å². The van der Waals surface area contributed by atoms with Gasteiger partial charge in [-0.1, -0.05) is 36.4 Å². The summed E-state index contributed by atoms with van der Waals surface area (Å²) in [4.78, 5) is 37.9. The maximum Gasteiger partial charge on any atom is 0.269 e. The predicted molar refractivity (Wildman–Crippen MR) is 114 cm³/mol. The van der Waals surface area contributed by atoms with Crippen LogP contribution >= 0.6 is 0 Å². The summed E-state index contributed by atoms with van der Waals surface area (Å²) in [5, 5.41) is 15.5. The molecular weight excluding hydrogens is 382 g/mol. The summed E-state index contributed by atoms with van der Waals surface area (Å²) < 4.78 is 0. The van der Waals surface area contributed by atoms with E-state index in [1.165, 1.54) is 24.3 Å². The molecule has 0 spiro atoms. The molecule has 7 heteroatoms. The molecule has 1 unspecified atom stereocenters. The number of carbonyl (C=O) groups is 2. The van der Waals surface area contributed by atoms with Gasteiger partial charge in [0.15, 0.2) is 0 Å². The number of amides is 2. The number of piperidine rings is 1. The minimum atomic E-state index is -0.483. The van der Waals surface area contributed by atoms with Gasteiger partial charge in [0.1, 0.15) is 0 Å². The molecule has 1 N–H and O–H groups in total. The van der Waals surface area contributed by atoms with Gasteiger partial charge in [0, 0.05) is 36.5 Å². The van der Waals surface area contributed by atoms with E-state index in [0.717, 1.165) is 17.2 Å². The molecule has 2 amide bonds. The van der Waals surface area contributed by atoms with Crippen LogP contribution in [0, 0.1) is 16.0 Å². The van der Waals surface area contributed by atoms with Crippen molar-refractivity contribution >= 4 is 34.0 Å². The Labute approximate surface area is 173 Å². The van der Waals surface area contributed by atoms with E-state index in [2.05, 4.69) is 5.32 Å². The molecule has 1 heterocycles. The number of nitrogens with one attached hydrogen (secondary N) is 1. The van der Waals surface area contributed by atoms with E-state index < -0.39 is 4.92 Å². The molecule has 1 saturated heterocycles. The number of benzene rings is 3. The van der Waals surface area contributed by atoms with Crippen molar-refractivity contribution < 1.29 is 14.5 Å². The number of hydrogen-bond donors (Lipinski definition) is 1. The third kappa shape index (κ3) is 4.00. The summed E-state index contributed by atoms with van der Waals surface area (Å²) in [5.74, 6) is -0.577. The summed E-state index contributed by atoms with van der Waals surface area (Å²) in [7, 11) is 0. The highest BCUT2D eigenvalue weighted by Gasteiger charge is 2.29. The van der Waals surface area contributed by atoms with Crippen LogP contribution in [0.4, 0.5) is 11.4 Å². The molecule has 1 fully saturated rings. The fourth-order valence-electron chi connectivity index (χ4n) is 3.87. The van der Waals surface area contributed by atoms with Crippen molar-refractivity contribution in [1.29, 1.82) is 0 Å². The van der Waals surface area contributed by atoms with Gasteiger partial charge >= 0.3 is 0 Å². The van der Waals surface area contributed by atoms with Gasteiger partial charge in [-0.2, -0.15) is 0 Å². The number of nitro benzene ring substituents is 1. The van der Waals surface area contributed by atoms with Crippen LogP contribution in [0.15, 0.2) is 66.7 Å². The predicted octanol–water partition coefficient (Wildman–Crippen LogP) is 4.24. The summed E-state index contributed by atoms with van der Waals surface area (Å²) in [5.41, 5.74) is 1.12. The van der Waals surface area contributed by atoms with E-state index in [0.29, 0.717) is 30.8 Å². The normalized spacial score (nSPS) is 16.3. The number of hydrogen-bond acceptors (Lipinski definition) is 4. The number of anilines is 1. The fourth-order valence-corrected chi connectivity index (χ4v) is 3.87. The van der Waals surface area contributed by atoms with Crippen LogP contribution in [0.3, 0.4) is 0 Å². The molecule has 3 aromatic rings. The first kappa shape index (κ1) is 19.6. The van der Waals surface area contributed by atoms with Crippen molar-refractivity contribution in [1.82, 2.24) is 4.90 Å². The first-order valence-corrected chi connectivity index (χ1v) is 9.85. The van der Waals surface area contributed by atoms with Gasteiger partial charge in [0.25, 0.3) is 11.6 Å². The number of likely N-dealkylation sites (tertiary alicyclic amines) is 1. The lowest BCUT2D eigenvalue weighted by Crippen LogP contribution is -2.43. The Balaban J connectivity index is 1.46. The van der Waals surface area contributed by atoms with Crippen LogP contribution in [-0.4, -0.2) is 34.7 Å². The van der Waals surface area contributed by atoms with Crippen LogP contribution in [-0.2, 0) is 4.79 Å². The summed E-state index contributed by atoms with van der Waals surface area (Å²) in [6, 6.07) is 19.2. The zero-order chi connectivity index (χ0) is 21.1. The zero-order valence-electron chi connectivity index (χ0n) is 16.3. The molecule has 1 atom stereocenters. The van der Waals surface area contributed by atoms with E-state index in [1.807, 2.05) is 42.5 Å². The van der Waals surface area contributed by atoms with E-state index in [-0.39, 0.29) is 23.4 Å². The standard InChI is InChI=1S/C23H21N3O4/c27-22(24-18-10-12-19(13-11-18)26(29)30)17-7-4-14-25(15-17)23(28)21-9-3-6-16-5-1-2-8-20(16)21/h1-3,5-6,8-13,17H,4,7,14-15H2,(H,24,27). The molecule has 0 radical (unpaired) electrons. The molecule has 0 bridgehead atoms. The topological polar surface area (TPSA) is 92.5 Å². The van der Waals surface area contributed by atoms with Gasteiger partial charge in [0.2, 0.25) is 5.91 Å². The third-order valence-electron chi connectivity index (χ3n) is 5.45. The fraction of sp³-hybridized carbons (Fsp3) is 0.217. The Bertz CT molecular complexity index is 1110. The maximum absolute atomic E-state index is 13.2. The largest absolute Gasteiger partial charge is 0.338 e. The van der Waals surface area contributed by atoms with Crippen molar-refractivity contribution in [2.45, 2.75) is 12.8 Å². The van der Waals surface area contributed by atoms with Gasteiger partial charge in [-0.25, -0.2) is 0 Å². The van der Waals surface area contributed by atoms with Crippen LogP contribution in [0.25, 0.3) is 10.8 Å². The van der Waals surface area contributed by atoms with Crippen LogP contribution in [0.2, 0.25) is 0 Å². The summed E-state index contributed by atoms with van der Waals surface area (Å²) in [6.07, 6.45) is 1.44. The molecule has 0 aromatic heterocycles. The van der Waals surface area contributed by atoms with E-state index >= 15 is 0 Å². The summed E-state index contributed by atoms with van der Waals surface area (Å²) >= 11 is 0. The minimum Gasteiger partial charge on any atom is -0.338 e. The van der Waals surface area contributed by atoms with Crippen molar-refractivity contribution in [2.75, 3.05) is 18.4 Å². The molecule has 3 aromatic carbocycles. The molecule has 1 aliphatic rings. The molecule has 30 heavy (non-hydrogen) atoms. The second kappa shape index (κ2) is 8.32. The lowest BCUT2D eigenvalue weighted by Gasteiger charge is -2.32. The second-order valence-electron chi connectivity index (χ2n) is 7.41. The summed E-state index contributed by atoms with van der Waals surface area (Å²) in [6.45, 7) is 0.963. The first-order valence-electron chi connectivity index (χ1n) is 9.85. The number of nitro groups is 1. The molecular formula is C23H21N3O4. The highest BCUT2D eigenvalue weighted by atomic mass is 16.6. The van der Waals surface area contributed by atoms with Gasteiger partial charge in [0.05, 0.1) is 10.8 Å². The zero-order valence-corrected chi connectivity index (χ0v) is 16.3. The van der Waals surface area contributed by atoms with Crippen molar-refractivity contribution in [3.63, 3.8) is 0 Å². The quantitative estimate of drug-likeness (QED) is 0.521. The monoisotopic (exact) mass is 403 g/mol. The number of nitrogens with zero attached hydrogens (tertiary/aromatic N) is 2. The smallest absolute Gasteiger partial charge is 0.269 e. The van der Waals surface area contributed by atoms with Gasteiger partial charge in [-0.15, -0.1) is 0 Å². The van der Waals surface area contributed by atoms with E-state index in [1.54, 1.807) is 4.90 Å². The maximum atomic E-state index is 13.2. The molecule has 4 rings (SSSR count). The number of carbonyl (C=O) groups excluding carboxylic acids is 2.